The van der Waals surface area contributed by atoms with Crippen LogP contribution >= 0.6 is 0 Å². The van der Waals surface area contributed by atoms with Crippen molar-refractivity contribution in [3.8, 4) is 22.4 Å². The number of carbonyl (C=O) groups excluding carboxylic acids is 2. The molecule has 0 atom stereocenters. The van der Waals surface area contributed by atoms with Gasteiger partial charge in [0.2, 0.25) is 0 Å². The number of ether oxygens (including phenoxy) is 1. The summed E-state index contributed by atoms with van der Waals surface area (Å²) in [7, 11) is 0. The van der Waals surface area contributed by atoms with E-state index in [0.29, 0.717) is 11.3 Å². The van der Waals surface area contributed by atoms with E-state index < -0.39 is 5.97 Å². The van der Waals surface area contributed by atoms with Gasteiger partial charge in [0.25, 0.3) is 5.91 Å². The van der Waals surface area contributed by atoms with E-state index in [-0.39, 0.29) is 19.1 Å². The molecule has 0 aliphatic heterocycles. The number of benzene rings is 2. The molecule has 28 heavy (non-hydrogen) atoms. The maximum absolute atomic E-state index is 12.3. The lowest BCUT2D eigenvalue weighted by molar-refractivity contribution is -0.121. The van der Waals surface area contributed by atoms with E-state index in [1.165, 1.54) is 0 Å². The second-order valence-corrected chi connectivity index (χ2v) is 6.35. The summed E-state index contributed by atoms with van der Waals surface area (Å²) in [6.45, 7) is 3.85. The second-order valence-electron chi connectivity index (χ2n) is 6.35. The van der Waals surface area contributed by atoms with Gasteiger partial charge in [0.05, 0.1) is 12.2 Å². The lowest BCUT2D eigenvalue weighted by Crippen LogP contribution is -2.33. The molecule has 0 spiro atoms. The topological polar surface area (TPSA) is 86.3 Å². The summed E-state index contributed by atoms with van der Waals surface area (Å²) in [5.74, 6) is 4.49. The second kappa shape index (κ2) is 8.54. The van der Waals surface area contributed by atoms with E-state index in [2.05, 4.69) is 5.43 Å². The minimum Gasteiger partial charge on any atom is -0.462 e. The lowest BCUT2D eigenvalue weighted by Gasteiger charge is -2.12. The van der Waals surface area contributed by atoms with Crippen LogP contribution in [-0.2, 0) is 16.1 Å². The Morgan fingerprint density at radius 1 is 1.00 bits per heavy atom. The van der Waals surface area contributed by atoms with Gasteiger partial charge in [-0.1, -0.05) is 54.6 Å². The van der Waals surface area contributed by atoms with Crippen molar-refractivity contribution in [2.75, 3.05) is 6.61 Å². The standard InChI is InChI=1S/C22H23N3O3/c1-3-28-22(27)19-13-20(25(15(19)2)14-21(26)24-23)18-11-9-17(10-12-18)16-7-5-4-6-8-16/h4-13H,3,14,23H2,1-2H3,(H,24,26). The van der Waals surface area contributed by atoms with Gasteiger partial charge in [-0.25, -0.2) is 10.6 Å². The minimum atomic E-state index is -0.408. The molecule has 1 amide bonds. The van der Waals surface area contributed by atoms with Gasteiger partial charge < -0.3 is 9.30 Å². The zero-order valence-corrected chi connectivity index (χ0v) is 15.9. The first-order chi connectivity index (χ1) is 13.5. The third-order valence-corrected chi connectivity index (χ3v) is 4.61. The summed E-state index contributed by atoms with van der Waals surface area (Å²) in [6.07, 6.45) is 0. The molecule has 0 radical (unpaired) electrons. The molecule has 0 unspecified atom stereocenters. The summed E-state index contributed by atoms with van der Waals surface area (Å²) in [5, 5.41) is 0. The van der Waals surface area contributed by atoms with E-state index >= 15 is 0 Å². The summed E-state index contributed by atoms with van der Waals surface area (Å²) in [4.78, 5) is 24.2. The third kappa shape index (κ3) is 3.97. The summed E-state index contributed by atoms with van der Waals surface area (Å²) in [5.41, 5.74) is 7.09. The molecule has 3 N–H and O–H groups in total. The van der Waals surface area contributed by atoms with Crippen LogP contribution in [0.15, 0.2) is 60.7 Å². The fraction of sp³-hybridized carbons (Fsp3) is 0.182. The Hall–Kier alpha value is -3.38. The normalized spacial score (nSPS) is 10.5. The summed E-state index contributed by atoms with van der Waals surface area (Å²) >= 11 is 0. The van der Waals surface area contributed by atoms with Crippen LogP contribution in [-0.4, -0.2) is 23.1 Å². The average Bonchev–Trinajstić information content (AvgIpc) is 3.05. The number of carbonyl (C=O) groups is 2. The van der Waals surface area contributed by atoms with Gasteiger partial charge in [-0.2, -0.15) is 0 Å². The van der Waals surface area contributed by atoms with Crippen LogP contribution in [0.1, 0.15) is 23.0 Å². The number of amides is 1. The molecule has 0 bridgehead atoms. The van der Waals surface area contributed by atoms with Gasteiger partial charge >= 0.3 is 5.97 Å². The zero-order valence-electron chi connectivity index (χ0n) is 15.9. The minimum absolute atomic E-state index is 0.0114. The van der Waals surface area contributed by atoms with Crippen molar-refractivity contribution in [2.24, 2.45) is 5.84 Å². The van der Waals surface area contributed by atoms with Crippen molar-refractivity contribution in [2.45, 2.75) is 20.4 Å². The average molecular weight is 377 g/mol. The maximum Gasteiger partial charge on any atom is 0.339 e. The Labute approximate surface area is 163 Å². The molecule has 3 aromatic rings. The number of nitrogens with zero attached hydrogens (tertiary/aromatic N) is 1. The molecule has 0 saturated heterocycles. The van der Waals surface area contributed by atoms with E-state index in [1.807, 2.05) is 54.6 Å². The molecule has 0 fully saturated rings. The summed E-state index contributed by atoms with van der Waals surface area (Å²) < 4.78 is 6.91. The van der Waals surface area contributed by atoms with Crippen LogP contribution in [0.3, 0.4) is 0 Å². The van der Waals surface area contributed by atoms with E-state index in [1.54, 1.807) is 24.5 Å². The molecule has 2 aromatic carbocycles. The first-order valence-corrected chi connectivity index (χ1v) is 9.07. The molecule has 0 aliphatic rings. The lowest BCUT2D eigenvalue weighted by atomic mass is 10.0. The van der Waals surface area contributed by atoms with E-state index in [4.69, 9.17) is 10.6 Å². The maximum atomic E-state index is 12.3. The van der Waals surface area contributed by atoms with Gasteiger partial charge in [-0.15, -0.1) is 0 Å². The molecular weight excluding hydrogens is 354 g/mol. The highest BCUT2D eigenvalue weighted by atomic mass is 16.5. The molecular formula is C22H23N3O3. The molecule has 0 saturated carbocycles. The highest BCUT2D eigenvalue weighted by Gasteiger charge is 2.20. The van der Waals surface area contributed by atoms with Gasteiger partial charge in [0.1, 0.15) is 6.54 Å². The van der Waals surface area contributed by atoms with Crippen molar-refractivity contribution in [1.29, 1.82) is 0 Å². The van der Waals surface area contributed by atoms with Crippen molar-refractivity contribution in [3.63, 3.8) is 0 Å². The first-order valence-electron chi connectivity index (χ1n) is 9.07. The van der Waals surface area contributed by atoms with Gasteiger partial charge in [-0.05, 0) is 36.6 Å². The van der Waals surface area contributed by atoms with Crippen LogP contribution < -0.4 is 11.3 Å². The van der Waals surface area contributed by atoms with Crippen LogP contribution in [0.25, 0.3) is 22.4 Å². The highest BCUT2D eigenvalue weighted by Crippen LogP contribution is 2.29. The zero-order chi connectivity index (χ0) is 20.1. The molecule has 3 rings (SSSR count). The smallest absolute Gasteiger partial charge is 0.339 e. The van der Waals surface area contributed by atoms with E-state index in [0.717, 1.165) is 22.4 Å². The fourth-order valence-corrected chi connectivity index (χ4v) is 3.16. The Bertz CT molecular complexity index is 976. The number of esters is 1. The van der Waals surface area contributed by atoms with E-state index in [9.17, 15) is 9.59 Å². The Morgan fingerprint density at radius 3 is 2.21 bits per heavy atom. The SMILES string of the molecule is CCOC(=O)c1cc(-c2ccc(-c3ccccc3)cc2)n(CC(=O)NN)c1C. The molecule has 1 aromatic heterocycles. The van der Waals surface area contributed by atoms with Gasteiger partial charge in [0, 0.05) is 11.4 Å². The van der Waals surface area contributed by atoms with Crippen molar-refractivity contribution >= 4 is 11.9 Å². The quantitative estimate of drug-likeness (QED) is 0.299. The molecule has 1 heterocycles. The van der Waals surface area contributed by atoms with Gasteiger partial charge in [-0.3, -0.25) is 10.2 Å². The number of hydrogen-bond donors (Lipinski definition) is 2. The van der Waals surface area contributed by atoms with Crippen molar-refractivity contribution in [3.05, 3.63) is 71.9 Å². The Morgan fingerprint density at radius 2 is 1.61 bits per heavy atom. The summed E-state index contributed by atoms with van der Waals surface area (Å²) in [6, 6.07) is 19.8. The number of aromatic nitrogens is 1. The molecule has 6 heteroatoms. The molecule has 144 valence electrons. The van der Waals surface area contributed by atoms with Crippen molar-refractivity contribution < 1.29 is 14.3 Å². The Balaban J connectivity index is 2.03. The van der Waals surface area contributed by atoms with Gasteiger partial charge in [0.15, 0.2) is 0 Å². The number of hydrogen-bond acceptors (Lipinski definition) is 4. The largest absolute Gasteiger partial charge is 0.462 e. The van der Waals surface area contributed by atoms with Crippen LogP contribution in [0.2, 0.25) is 0 Å². The first kappa shape index (κ1) is 19.4. The van der Waals surface area contributed by atoms with Crippen LogP contribution in [0, 0.1) is 6.92 Å². The monoisotopic (exact) mass is 377 g/mol. The van der Waals surface area contributed by atoms with Crippen LogP contribution in [0.4, 0.5) is 0 Å². The number of rotatable bonds is 6. The van der Waals surface area contributed by atoms with Crippen LogP contribution in [0.5, 0.6) is 0 Å². The number of hydrazine groups is 1. The highest BCUT2D eigenvalue weighted by molar-refractivity contribution is 5.93. The third-order valence-electron chi connectivity index (χ3n) is 4.61. The fourth-order valence-electron chi connectivity index (χ4n) is 3.16. The predicted octanol–water partition coefficient (Wildman–Crippen LogP) is 3.30. The molecule has 6 nitrogen and oxygen atoms in total. The predicted molar refractivity (Wildman–Crippen MR) is 108 cm³/mol. The van der Waals surface area contributed by atoms with Crippen molar-refractivity contribution in [1.82, 2.24) is 9.99 Å². The number of nitrogens with two attached hydrogens (primary N) is 1. The Kier molecular flexibility index (Phi) is 5.91. The molecule has 0 aliphatic carbocycles. The number of nitrogens with one attached hydrogen (secondary N) is 1.